The second-order valence-corrected chi connectivity index (χ2v) is 5.94. The van der Waals surface area contributed by atoms with Crippen LogP contribution in [0.1, 0.15) is 20.3 Å². The summed E-state index contributed by atoms with van der Waals surface area (Å²) in [5.41, 5.74) is 0.976. The van der Waals surface area contributed by atoms with E-state index in [1.165, 1.54) is 21.8 Å². The Morgan fingerprint density at radius 1 is 1.13 bits per heavy atom. The van der Waals surface area contributed by atoms with Crippen LogP contribution in [0.15, 0.2) is 53.7 Å². The molecule has 124 valence electrons. The molecule has 3 aromatic rings. The molecule has 0 aliphatic rings. The fourth-order valence-corrected chi connectivity index (χ4v) is 1.97. The van der Waals surface area contributed by atoms with Gasteiger partial charge in [0.1, 0.15) is 11.8 Å². The van der Waals surface area contributed by atoms with E-state index in [1.807, 2.05) is 42.8 Å². The third-order valence-electron chi connectivity index (χ3n) is 2.56. The minimum absolute atomic E-state index is 0.179. The average molecular weight is 352 g/mol. The molecular formula is C17H22ClN3OS. The maximum atomic E-state index is 12.2. The maximum absolute atomic E-state index is 12.2. The minimum atomic E-state index is -0.179. The van der Waals surface area contributed by atoms with Gasteiger partial charge in [0.25, 0.3) is 5.56 Å². The molecule has 6 heteroatoms. The molecule has 0 radical (unpaired) electrons. The lowest BCUT2D eigenvalue weighted by atomic mass is 10.3. The van der Waals surface area contributed by atoms with Gasteiger partial charge >= 0.3 is 0 Å². The lowest BCUT2D eigenvalue weighted by Crippen LogP contribution is -2.21. The molecule has 2 heterocycles. The Labute approximate surface area is 146 Å². The van der Waals surface area contributed by atoms with Gasteiger partial charge in [-0.05, 0) is 30.7 Å². The summed E-state index contributed by atoms with van der Waals surface area (Å²) in [7, 11) is 0. The maximum Gasteiger partial charge on any atom is 0.283 e. The van der Waals surface area contributed by atoms with Crippen LogP contribution in [-0.2, 0) is 0 Å². The Kier molecular flexibility index (Phi) is 8.51. The molecular weight excluding hydrogens is 330 g/mol. The van der Waals surface area contributed by atoms with Gasteiger partial charge in [-0.25, -0.2) is 4.52 Å². The van der Waals surface area contributed by atoms with Crippen LogP contribution in [0.3, 0.4) is 0 Å². The average Bonchev–Trinajstić information content (AvgIpc) is 2.92. The number of nitrogens with zero attached hydrogens (tertiary/aromatic N) is 3. The summed E-state index contributed by atoms with van der Waals surface area (Å²) in [6.45, 7) is 4.25. The second-order valence-electron chi connectivity index (χ2n) is 4.71. The molecule has 3 rings (SSSR count). The standard InChI is InChI=1S/C12H8ClN3O.C3H8.C2H6S/c13-10-6-7-16-11(10)12(17)15(8-14-16)9-4-2-1-3-5-9;2*1-3-2/h1-8H;3H2,1-2H3;1-2H3. The monoisotopic (exact) mass is 351 g/mol. The molecule has 0 saturated heterocycles. The van der Waals surface area contributed by atoms with Crippen molar-refractivity contribution in [2.24, 2.45) is 0 Å². The highest BCUT2D eigenvalue weighted by molar-refractivity contribution is 7.97. The van der Waals surface area contributed by atoms with Crippen molar-refractivity contribution in [3.05, 3.63) is 64.3 Å². The van der Waals surface area contributed by atoms with Crippen LogP contribution < -0.4 is 5.56 Å². The Balaban J connectivity index is 0.000000387. The second kappa shape index (κ2) is 10.1. The topological polar surface area (TPSA) is 39.3 Å². The summed E-state index contributed by atoms with van der Waals surface area (Å²) < 4.78 is 2.95. The fourth-order valence-electron chi connectivity index (χ4n) is 1.74. The summed E-state index contributed by atoms with van der Waals surface area (Å²) in [6.07, 6.45) is 8.48. The molecule has 0 saturated carbocycles. The van der Waals surface area contributed by atoms with Crippen molar-refractivity contribution in [2.75, 3.05) is 12.5 Å². The summed E-state index contributed by atoms with van der Waals surface area (Å²) >= 11 is 7.71. The van der Waals surface area contributed by atoms with Gasteiger partial charge in [0.05, 0.1) is 10.7 Å². The van der Waals surface area contributed by atoms with Gasteiger partial charge in [-0.2, -0.15) is 16.9 Å². The normalized spacial score (nSPS) is 9.61. The van der Waals surface area contributed by atoms with Gasteiger partial charge in [-0.15, -0.1) is 0 Å². The first-order chi connectivity index (χ1) is 11.1. The van der Waals surface area contributed by atoms with Crippen molar-refractivity contribution in [1.82, 2.24) is 14.2 Å². The predicted octanol–water partition coefficient (Wildman–Crippen LogP) is 4.53. The van der Waals surface area contributed by atoms with Crippen LogP contribution in [0.5, 0.6) is 0 Å². The summed E-state index contributed by atoms with van der Waals surface area (Å²) in [5, 5.41) is 4.54. The molecule has 0 bridgehead atoms. The summed E-state index contributed by atoms with van der Waals surface area (Å²) in [6, 6.07) is 11.0. The van der Waals surface area contributed by atoms with Gasteiger partial charge in [-0.1, -0.05) is 50.1 Å². The lowest BCUT2D eigenvalue weighted by molar-refractivity contribution is 0.827. The van der Waals surface area contributed by atoms with Crippen molar-refractivity contribution in [1.29, 1.82) is 0 Å². The van der Waals surface area contributed by atoms with Crippen LogP contribution >= 0.6 is 23.4 Å². The molecule has 23 heavy (non-hydrogen) atoms. The van der Waals surface area contributed by atoms with Gasteiger partial charge in [0.2, 0.25) is 0 Å². The summed E-state index contributed by atoms with van der Waals surface area (Å²) in [4.78, 5) is 12.2. The van der Waals surface area contributed by atoms with E-state index < -0.39 is 0 Å². The lowest BCUT2D eigenvalue weighted by Gasteiger charge is -2.05. The van der Waals surface area contributed by atoms with E-state index in [2.05, 4.69) is 18.9 Å². The number of fused-ring (bicyclic) bond motifs is 1. The van der Waals surface area contributed by atoms with Gasteiger partial charge in [0.15, 0.2) is 0 Å². The van der Waals surface area contributed by atoms with Crippen LogP contribution in [0.4, 0.5) is 0 Å². The summed E-state index contributed by atoms with van der Waals surface area (Å²) in [5.74, 6) is 0. The minimum Gasteiger partial charge on any atom is -0.266 e. The first-order valence-electron chi connectivity index (χ1n) is 7.30. The zero-order valence-electron chi connectivity index (χ0n) is 13.9. The number of halogens is 1. The van der Waals surface area contributed by atoms with Crippen LogP contribution in [0, 0.1) is 0 Å². The Morgan fingerprint density at radius 3 is 2.26 bits per heavy atom. The number of rotatable bonds is 1. The van der Waals surface area contributed by atoms with Crippen molar-refractivity contribution >= 4 is 28.9 Å². The molecule has 0 aliphatic heterocycles. The highest BCUT2D eigenvalue weighted by atomic mass is 35.5. The molecule has 0 unspecified atom stereocenters. The zero-order chi connectivity index (χ0) is 17.2. The van der Waals surface area contributed by atoms with Gasteiger partial charge in [0, 0.05) is 6.20 Å². The number of aromatic nitrogens is 3. The number of benzene rings is 1. The molecule has 0 N–H and O–H groups in total. The van der Waals surface area contributed by atoms with Crippen molar-refractivity contribution < 1.29 is 0 Å². The quantitative estimate of drug-likeness (QED) is 0.646. The zero-order valence-corrected chi connectivity index (χ0v) is 15.4. The van der Waals surface area contributed by atoms with Gasteiger partial charge < -0.3 is 0 Å². The van der Waals surface area contributed by atoms with Crippen LogP contribution in [-0.4, -0.2) is 26.7 Å². The van der Waals surface area contributed by atoms with E-state index >= 15 is 0 Å². The van der Waals surface area contributed by atoms with Crippen molar-refractivity contribution in [3.63, 3.8) is 0 Å². The van der Waals surface area contributed by atoms with Crippen molar-refractivity contribution in [3.8, 4) is 5.69 Å². The molecule has 2 aromatic heterocycles. The fraction of sp³-hybridized carbons (Fsp3) is 0.294. The Morgan fingerprint density at radius 2 is 1.70 bits per heavy atom. The molecule has 4 nitrogen and oxygen atoms in total. The van der Waals surface area contributed by atoms with E-state index in [0.717, 1.165) is 5.69 Å². The van der Waals surface area contributed by atoms with E-state index in [4.69, 9.17) is 11.6 Å². The molecule has 0 fully saturated rings. The van der Waals surface area contributed by atoms with E-state index in [9.17, 15) is 4.79 Å². The molecule has 1 aromatic carbocycles. The first kappa shape index (κ1) is 19.3. The molecule has 0 amide bonds. The largest absolute Gasteiger partial charge is 0.283 e. The third-order valence-corrected chi connectivity index (χ3v) is 2.87. The molecule has 0 atom stereocenters. The van der Waals surface area contributed by atoms with Gasteiger partial charge in [-0.3, -0.25) is 9.36 Å². The van der Waals surface area contributed by atoms with Crippen LogP contribution in [0.25, 0.3) is 11.2 Å². The smallest absolute Gasteiger partial charge is 0.266 e. The Bertz CT molecular complexity index is 766. The highest BCUT2D eigenvalue weighted by Crippen LogP contribution is 2.14. The van der Waals surface area contributed by atoms with Crippen LogP contribution in [0.2, 0.25) is 5.02 Å². The van der Waals surface area contributed by atoms with E-state index in [1.54, 1.807) is 24.0 Å². The van der Waals surface area contributed by atoms with E-state index in [-0.39, 0.29) is 5.56 Å². The molecule has 0 spiro atoms. The number of thioether (sulfide) groups is 1. The highest BCUT2D eigenvalue weighted by Gasteiger charge is 2.08. The first-order valence-corrected chi connectivity index (χ1v) is 9.31. The van der Waals surface area contributed by atoms with Crippen molar-refractivity contribution in [2.45, 2.75) is 20.3 Å². The predicted molar refractivity (Wildman–Crippen MR) is 101 cm³/mol. The Hall–Kier alpha value is -1.72. The SMILES string of the molecule is CCC.CSC.O=c1c2c(Cl)ccn2ncn1-c1ccccc1. The number of hydrogen-bond acceptors (Lipinski definition) is 3. The molecule has 0 aliphatic carbocycles. The van der Waals surface area contributed by atoms with E-state index in [0.29, 0.717) is 10.5 Å². The number of hydrogen-bond donors (Lipinski definition) is 0. The number of para-hydroxylation sites is 1. The third kappa shape index (κ3) is 5.15.